The van der Waals surface area contributed by atoms with Gasteiger partial charge in [-0.05, 0) is 18.1 Å². The molecule has 2 rings (SSSR count). The molecule has 0 N–H and O–H groups in total. The lowest BCUT2D eigenvalue weighted by Gasteiger charge is -2.11. The molecule has 0 amide bonds. The Hall–Kier alpha value is -0.770. The van der Waals surface area contributed by atoms with E-state index in [1.807, 2.05) is 12.1 Å². The number of thioether (sulfide) groups is 2. The van der Waals surface area contributed by atoms with E-state index >= 15 is 0 Å². The summed E-state index contributed by atoms with van der Waals surface area (Å²) in [5.74, 6) is 0.953. The van der Waals surface area contributed by atoms with Crippen LogP contribution in [0.25, 0.3) is 0 Å². The molecule has 0 radical (unpaired) electrons. The number of benzene rings is 2. The molecule has 0 saturated carbocycles. The Morgan fingerprint density at radius 2 is 1.58 bits per heavy atom. The normalized spacial score (nSPS) is 12.1. The quantitative estimate of drug-likeness (QED) is 0.665. The number of rotatable bonds is 4. The minimum atomic E-state index is 0.414. The summed E-state index contributed by atoms with van der Waals surface area (Å²) in [6.45, 7) is 2.20. The lowest BCUT2D eigenvalue weighted by atomic mass is 10.2. The van der Waals surface area contributed by atoms with E-state index in [0.717, 1.165) is 9.28 Å². The molecule has 0 nitrogen and oxygen atoms in total. The summed E-state index contributed by atoms with van der Waals surface area (Å²) < 4.78 is 1.01. The van der Waals surface area contributed by atoms with E-state index in [4.69, 9.17) is 12.2 Å². The minimum Gasteiger partial charge on any atom is -0.103 e. The maximum absolute atomic E-state index is 5.46. The zero-order chi connectivity index (χ0) is 13.5. The molecule has 0 aliphatic carbocycles. The molecule has 1 atom stereocenters. The molecular formula is C16H16S3. The van der Waals surface area contributed by atoms with E-state index in [9.17, 15) is 0 Å². The third kappa shape index (κ3) is 5.01. The van der Waals surface area contributed by atoms with Crippen LogP contribution < -0.4 is 0 Å². The van der Waals surface area contributed by atoms with Crippen LogP contribution in [-0.4, -0.2) is 3.53 Å². The maximum Gasteiger partial charge on any atom is 0.105 e. The van der Waals surface area contributed by atoms with Crippen LogP contribution in [0.1, 0.15) is 23.3 Å². The van der Waals surface area contributed by atoms with Crippen LogP contribution in [0.2, 0.25) is 0 Å². The highest BCUT2D eigenvalue weighted by atomic mass is 32.2. The van der Waals surface area contributed by atoms with Crippen molar-refractivity contribution in [2.75, 3.05) is 0 Å². The van der Waals surface area contributed by atoms with Gasteiger partial charge in [-0.15, -0.1) is 11.8 Å². The third-order valence-electron chi connectivity index (χ3n) is 2.74. The first-order valence-corrected chi connectivity index (χ1v) is 8.45. The highest BCUT2D eigenvalue weighted by molar-refractivity contribution is 8.47. The second-order valence-corrected chi connectivity index (χ2v) is 7.72. The first-order valence-electron chi connectivity index (χ1n) is 6.18. The average Bonchev–Trinajstić information content (AvgIpc) is 2.47. The van der Waals surface area contributed by atoms with E-state index in [1.54, 1.807) is 23.5 Å². The summed E-state index contributed by atoms with van der Waals surface area (Å²) in [6, 6.07) is 21.0. The molecule has 0 bridgehead atoms. The molecule has 2 aromatic carbocycles. The Morgan fingerprint density at radius 3 is 2.21 bits per heavy atom. The maximum atomic E-state index is 5.46. The molecule has 0 aromatic heterocycles. The van der Waals surface area contributed by atoms with Gasteiger partial charge in [0.05, 0.1) is 0 Å². The van der Waals surface area contributed by atoms with Crippen LogP contribution in [0.3, 0.4) is 0 Å². The van der Waals surface area contributed by atoms with Gasteiger partial charge in [0.15, 0.2) is 0 Å². The lowest BCUT2D eigenvalue weighted by Crippen LogP contribution is -1.92. The number of hydrogen-bond donors (Lipinski definition) is 0. The predicted octanol–water partition coefficient (Wildman–Crippen LogP) is 5.70. The molecule has 0 saturated heterocycles. The zero-order valence-electron chi connectivity index (χ0n) is 10.8. The van der Waals surface area contributed by atoms with Gasteiger partial charge in [-0.25, -0.2) is 0 Å². The van der Waals surface area contributed by atoms with Crippen LogP contribution in [0.15, 0.2) is 60.7 Å². The fourth-order valence-corrected chi connectivity index (χ4v) is 4.24. The Balaban J connectivity index is 1.82. The predicted molar refractivity (Wildman–Crippen MR) is 92.8 cm³/mol. The second kappa shape index (κ2) is 7.73. The number of thiocarbonyl (C=S) groups is 1. The van der Waals surface area contributed by atoms with Crippen molar-refractivity contribution in [1.82, 2.24) is 0 Å². The largest absolute Gasteiger partial charge is 0.105 e. The first kappa shape index (κ1) is 14.6. The van der Waals surface area contributed by atoms with Crippen molar-refractivity contribution in [2.45, 2.75) is 17.9 Å². The first-order chi connectivity index (χ1) is 9.25. The van der Waals surface area contributed by atoms with Gasteiger partial charge >= 0.3 is 0 Å². The summed E-state index contributed by atoms with van der Waals surface area (Å²) in [5, 5.41) is 0.414. The van der Waals surface area contributed by atoms with Crippen molar-refractivity contribution >= 4 is 39.3 Å². The van der Waals surface area contributed by atoms with Gasteiger partial charge in [-0.2, -0.15) is 0 Å². The van der Waals surface area contributed by atoms with Crippen molar-refractivity contribution in [1.29, 1.82) is 0 Å². The van der Waals surface area contributed by atoms with Crippen molar-refractivity contribution < 1.29 is 0 Å². The molecule has 19 heavy (non-hydrogen) atoms. The second-order valence-electron chi connectivity index (χ2n) is 4.20. The summed E-state index contributed by atoms with van der Waals surface area (Å²) in [5.41, 5.74) is 2.65. The summed E-state index contributed by atoms with van der Waals surface area (Å²) in [7, 11) is 0. The van der Waals surface area contributed by atoms with Crippen molar-refractivity contribution in [3.63, 3.8) is 0 Å². The average molecular weight is 305 g/mol. The Morgan fingerprint density at radius 1 is 1.00 bits per heavy atom. The SMILES string of the molecule is CC(SC(=S)SCc1ccccc1)c1ccccc1. The molecule has 0 fully saturated rings. The molecule has 1 unspecified atom stereocenters. The van der Waals surface area contributed by atoms with Gasteiger partial charge in [-0.3, -0.25) is 0 Å². The molecule has 0 aliphatic rings. The van der Waals surface area contributed by atoms with E-state index < -0.39 is 0 Å². The molecule has 98 valence electrons. The highest BCUT2D eigenvalue weighted by Crippen LogP contribution is 2.34. The van der Waals surface area contributed by atoms with Crippen molar-refractivity contribution in [3.8, 4) is 0 Å². The Kier molecular flexibility index (Phi) is 5.95. The van der Waals surface area contributed by atoms with Crippen LogP contribution in [0.5, 0.6) is 0 Å². The van der Waals surface area contributed by atoms with Gasteiger partial charge in [-0.1, -0.05) is 84.6 Å². The standard InChI is InChI=1S/C16H16S3/c1-13(15-10-6-3-7-11-15)19-16(17)18-12-14-8-4-2-5-9-14/h2-11,13H,12H2,1H3. The van der Waals surface area contributed by atoms with Gasteiger partial charge in [0.25, 0.3) is 0 Å². The number of hydrogen-bond acceptors (Lipinski definition) is 3. The minimum absolute atomic E-state index is 0.414. The topological polar surface area (TPSA) is 0 Å². The van der Waals surface area contributed by atoms with Gasteiger partial charge in [0.1, 0.15) is 3.53 Å². The van der Waals surface area contributed by atoms with E-state index in [0.29, 0.717) is 5.25 Å². The van der Waals surface area contributed by atoms with Crippen LogP contribution in [0.4, 0.5) is 0 Å². The molecular weight excluding hydrogens is 288 g/mol. The van der Waals surface area contributed by atoms with Gasteiger partial charge in [0.2, 0.25) is 0 Å². The zero-order valence-corrected chi connectivity index (χ0v) is 13.2. The molecule has 0 spiro atoms. The van der Waals surface area contributed by atoms with E-state index in [1.165, 1.54) is 11.1 Å². The molecule has 0 heterocycles. The molecule has 2 aromatic rings. The fraction of sp³-hybridized carbons (Fsp3) is 0.188. The third-order valence-corrected chi connectivity index (χ3v) is 5.56. The smallest absolute Gasteiger partial charge is 0.103 e. The van der Waals surface area contributed by atoms with E-state index in [2.05, 4.69) is 55.5 Å². The van der Waals surface area contributed by atoms with Crippen molar-refractivity contribution in [3.05, 3.63) is 71.8 Å². The van der Waals surface area contributed by atoms with Gasteiger partial charge < -0.3 is 0 Å². The fourth-order valence-electron chi connectivity index (χ4n) is 1.69. The highest BCUT2D eigenvalue weighted by Gasteiger charge is 2.09. The van der Waals surface area contributed by atoms with Crippen LogP contribution >= 0.6 is 35.7 Å². The van der Waals surface area contributed by atoms with Gasteiger partial charge in [0, 0.05) is 11.0 Å². The monoisotopic (exact) mass is 304 g/mol. The summed E-state index contributed by atoms with van der Waals surface area (Å²) in [6.07, 6.45) is 0. The summed E-state index contributed by atoms with van der Waals surface area (Å²) in [4.78, 5) is 0. The summed E-state index contributed by atoms with van der Waals surface area (Å²) >= 11 is 8.97. The van der Waals surface area contributed by atoms with Crippen LogP contribution in [-0.2, 0) is 5.75 Å². The lowest BCUT2D eigenvalue weighted by molar-refractivity contribution is 1.11. The Labute approximate surface area is 129 Å². The Bertz CT molecular complexity index is 508. The molecule has 3 heteroatoms. The molecule has 0 aliphatic heterocycles. The van der Waals surface area contributed by atoms with Crippen LogP contribution in [0, 0.1) is 0 Å². The van der Waals surface area contributed by atoms with Crippen molar-refractivity contribution in [2.24, 2.45) is 0 Å². The van der Waals surface area contributed by atoms with E-state index in [-0.39, 0.29) is 0 Å².